The smallest absolute Gasteiger partial charge is 0.0731 e. The van der Waals surface area contributed by atoms with E-state index in [9.17, 15) is 0 Å². The van der Waals surface area contributed by atoms with Crippen molar-refractivity contribution in [2.45, 2.75) is 39.5 Å². The van der Waals surface area contributed by atoms with Gasteiger partial charge in [0.05, 0.1) is 16.7 Å². The average Bonchev–Trinajstić information content (AvgIpc) is 2.63. The topological polar surface area (TPSA) is 28.2 Å². The predicted molar refractivity (Wildman–Crippen MR) is 104 cm³/mol. The van der Waals surface area contributed by atoms with Crippen molar-refractivity contribution >= 4 is 27.5 Å². The Labute approximate surface area is 144 Å². The molecule has 126 valence electrons. The number of hydrogen-bond donors (Lipinski definition) is 1. The third-order valence-electron chi connectivity index (χ3n) is 4.42. The van der Waals surface area contributed by atoms with E-state index >= 15 is 0 Å². The predicted octanol–water partition coefficient (Wildman–Crippen LogP) is 5.62. The van der Waals surface area contributed by atoms with Gasteiger partial charge in [-0.2, -0.15) is 0 Å². The summed E-state index contributed by atoms with van der Waals surface area (Å²) in [6.07, 6.45) is 4.83. The van der Waals surface area contributed by atoms with Crippen LogP contribution in [0.5, 0.6) is 0 Å². The van der Waals surface area contributed by atoms with E-state index in [1.54, 1.807) is 0 Å². The number of nitrogens with one attached hydrogen (secondary N) is 1. The van der Waals surface area contributed by atoms with Crippen LogP contribution in [-0.2, 0) is 0 Å². The summed E-state index contributed by atoms with van der Waals surface area (Å²) in [4.78, 5) is 4.81. The molecule has 2 aromatic carbocycles. The van der Waals surface area contributed by atoms with Crippen LogP contribution >= 0.6 is 0 Å². The van der Waals surface area contributed by atoms with Crippen LogP contribution in [-0.4, -0.2) is 23.1 Å². The molecule has 3 rings (SSSR count). The zero-order chi connectivity index (χ0) is 16.8. The fraction of sp³-hybridized carbons (Fsp3) is 0.381. The van der Waals surface area contributed by atoms with Gasteiger partial charge in [-0.1, -0.05) is 63.1 Å². The number of pyridine rings is 1. The van der Waals surface area contributed by atoms with Crippen molar-refractivity contribution in [1.82, 2.24) is 9.99 Å². The second-order valence-corrected chi connectivity index (χ2v) is 6.33. The highest BCUT2D eigenvalue weighted by Gasteiger charge is 2.11. The van der Waals surface area contributed by atoms with Gasteiger partial charge < -0.3 is 5.43 Å². The molecule has 0 amide bonds. The lowest BCUT2D eigenvalue weighted by Gasteiger charge is -2.26. The van der Waals surface area contributed by atoms with Gasteiger partial charge >= 0.3 is 0 Å². The van der Waals surface area contributed by atoms with Gasteiger partial charge in [0.2, 0.25) is 0 Å². The molecule has 0 fully saturated rings. The van der Waals surface area contributed by atoms with Crippen LogP contribution in [0.2, 0.25) is 0 Å². The largest absolute Gasteiger partial charge is 0.317 e. The fourth-order valence-electron chi connectivity index (χ4n) is 3.04. The van der Waals surface area contributed by atoms with Crippen molar-refractivity contribution in [1.29, 1.82) is 0 Å². The van der Waals surface area contributed by atoms with E-state index < -0.39 is 0 Å². The summed E-state index contributed by atoms with van der Waals surface area (Å²) in [6.45, 7) is 6.63. The van der Waals surface area contributed by atoms with E-state index in [2.05, 4.69) is 72.8 Å². The molecule has 0 saturated carbocycles. The van der Waals surface area contributed by atoms with Crippen LogP contribution < -0.4 is 5.43 Å². The first kappa shape index (κ1) is 16.7. The molecule has 1 heterocycles. The van der Waals surface area contributed by atoms with Crippen molar-refractivity contribution in [2.24, 2.45) is 0 Å². The van der Waals surface area contributed by atoms with E-state index in [-0.39, 0.29) is 0 Å². The van der Waals surface area contributed by atoms with Crippen LogP contribution in [0.25, 0.3) is 21.8 Å². The monoisotopic (exact) mass is 321 g/mol. The Morgan fingerprint density at radius 1 is 0.792 bits per heavy atom. The lowest BCUT2D eigenvalue weighted by molar-refractivity contribution is 0.318. The number of unbranched alkanes of at least 4 members (excludes halogenated alkanes) is 2. The van der Waals surface area contributed by atoms with Gasteiger partial charge in [0, 0.05) is 23.9 Å². The summed E-state index contributed by atoms with van der Waals surface area (Å²) < 4.78 is 0. The number of fused-ring (bicyclic) bond motifs is 2. The molecule has 3 aromatic rings. The van der Waals surface area contributed by atoms with Crippen molar-refractivity contribution in [2.75, 3.05) is 18.5 Å². The Morgan fingerprint density at radius 3 is 1.79 bits per heavy atom. The van der Waals surface area contributed by atoms with Crippen LogP contribution in [0, 0.1) is 0 Å². The number of rotatable bonds is 8. The molecule has 0 unspecified atom stereocenters. The van der Waals surface area contributed by atoms with Crippen molar-refractivity contribution in [3.05, 3.63) is 48.5 Å². The normalized spacial score (nSPS) is 11.5. The maximum atomic E-state index is 4.81. The van der Waals surface area contributed by atoms with Gasteiger partial charge in [-0.25, -0.2) is 9.99 Å². The number of hydrogen-bond acceptors (Lipinski definition) is 3. The number of benzene rings is 2. The molecular formula is C21H27N3. The van der Waals surface area contributed by atoms with E-state index in [1.165, 1.54) is 42.1 Å². The van der Waals surface area contributed by atoms with E-state index in [0.29, 0.717) is 0 Å². The third kappa shape index (κ3) is 3.68. The van der Waals surface area contributed by atoms with Crippen molar-refractivity contribution < 1.29 is 0 Å². The average molecular weight is 321 g/mol. The highest BCUT2D eigenvalue weighted by atomic mass is 15.5. The highest BCUT2D eigenvalue weighted by Crippen LogP contribution is 2.31. The van der Waals surface area contributed by atoms with Gasteiger partial charge in [0.25, 0.3) is 0 Å². The standard InChI is InChI=1S/C21H27N3/c1-3-5-15-24(16-6-4-2)23-21-17-11-7-9-13-19(17)22-20-14-10-8-12-18(20)21/h7-14H,3-6,15-16H2,1-2H3,(H,22,23). The molecule has 0 spiro atoms. The lowest BCUT2D eigenvalue weighted by atomic mass is 10.1. The van der Waals surface area contributed by atoms with Crippen molar-refractivity contribution in [3.8, 4) is 0 Å². The minimum Gasteiger partial charge on any atom is -0.317 e. The number of para-hydroxylation sites is 2. The summed E-state index contributed by atoms with van der Waals surface area (Å²) in [5.74, 6) is 0. The zero-order valence-corrected chi connectivity index (χ0v) is 14.8. The minimum absolute atomic E-state index is 1.05. The number of aromatic nitrogens is 1. The maximum Gasteiger partial charge on any atom is 0.0731 e. The molecule has 3 nitrogen and oxygen atoms in total. The Morgan fingerprint density at radius 2 is 1.29 bits per heavy atom. The molecule has 1 aromatic heterocycles. The first-order valence-electron chi connectivity index (χ1n) is 9.12. The number of nitrogens with zero attached hydrogens (tertiary/aromatic N) is 2. The van der Waals surface area contributed by atoms with Gasteiger partial charge in [0.1, 0.15) is 0 Å². The quantitative estimate of drug-likeness (QED) is 0.431. The second-order valence-electron chi connectivity index (χ2n) is 6.33. The molecule has 0 aliphatic heterocycles. The van der Waals surface area contributed by atoms with Gasteiger partial charge in [-0.05, 0) is 25.0 Å². The van der Waals surface area contributed by atoms with Crippen LogP contribution in [0.4, 0.5) is 5.69 Å². The minimum atomic E-state index is 1.05. The molecular weight excluding hydrogens is 294 g/mol. The third-order valence-corrected chi connectivity index (χ3v) is 4.42. The number of anilines is 1. The Hall–Kier alpha value is -2.13. The summed E-state index contributed by atoms with van der Waals surface area (Å²) in [7, 11) is 0. The molecule has 3 heteroatoms. The van der Waals surface area contributed by atoms with Crippen LogP contribution in [0.1, 0.15) is 39.5 Å². The molecule has 24 heavy (non-hydrogen) atoms. The Bertz CT molecular complexity index is 735. The highest BCUT2D eigenvalue weighted by molar-refractivity contribution is 6.07. The first-order valence-corrected chi connectivity index (χ1v) is 9.12. The molecule has 0 atom stereocenters. The fourth-order valence-corrected chi connectivity index (χ4v) is 3.04. The molecule has 0 radical (unpaired) electrons. The summed E-state index contributed by atoms with van der Waals surface area (Å²) in [6, 6.07) is 16.8. The van der Waals surface area contributed by atoms with Crippen LogP contribution in [0.3, 0.4) is 0 Å². The molecule has 1 N–H and O–H groups in total. The summed E-state index contributed by atoms with van der Waals surface area (Å²) >= 11 is 0. The molecule has 0 aliphatic carbocycles. The van der Waals surface area contributed by atoms with E-state index in [1.807, 2.05) is 0 Å². The maximum absolute atomic E-state index is 4.81. The lowest BCUT2D eigenvalue weighted by Crippen LogP contribution is -2.32. The SMILES string of the molecule is CCCCN(CCCC)Nc1c2ccccc2nc2ccccc12. The Balaban J connectivity index is 2.03. The van der Waals surface area contributed by atoms with E-state index in [0.717, 1.165) is 24.1 Å². The van der Waals surface area contributed by atoms with Crippen molar-refractivity contribution in [3.63, 3.8) is 0 Å². The molecule has 0 aliphatic rings. The second kappa shape index (κ2) is 8.11. The summed E-state index contributed by atoms with van der Waals surface area (Å²) in [5, 5.41) is 4.75. The molecule has 0 bridgehead atoms. The zero-order valence-electron chi connectivity index (χ0n) is 14.8. The van der Waals surface area contributed by atoms with E-state index in [4.69, 9.17) is 4.98 Å². The first-order chi connectivity index (χ1) is 11.8. The van der Waals surface area contributed by atoms with Gasteiger partial charge in [0.15, 0.2) is 0 Å². The van der Waals surface area contributed by atoms with Crippen LogP contribution in [0.15, 0.2) is 48.5 Å². The van der Waals surface area contributed by atoms with Gasteiger partial charge in [-0.3, -0.25) is 0 Å². The Kier molecular flexibility index (Phi) is 5.65. The summed E-state index contributed by atoms with van der Waals surface area (Å²) in [5.41, 5.74) is 7.00. The van der Waals surface area contributed by atoms with Gasteiger partial charge in [-0.15, -0.1) is 0 Å². The molecule has 0 saturated heterocycles. The number of hydrazine groups is 1.